The normalized spacial score (nSPS) is 18.9. The number of hydrogen-bond acceptors (Lipinski definition) is 5. The van der Waals surface area contributed by atoms with Crippen molar-refractivity contribution in [2.75, 3.05) is 32.4 Å². The van der Waals surface area contributed by atoms with Crippen LogP contribution in [0.2, 0.25) is 0 Å². The quantitative estimate of drug-likeness (QED) is 0.842. The van der Waals surface area contributed by atoms with E-state index >= 15 is 0 Å². The van der Waals surface area contributed by atoms with Crippen molar-refractivity contribution in [3.63, 3.8) is 0 Å². The average Bonchev–Trinajstić information content (AvgIpc) is 2.67. The zero-order valence-electron chi connectivity index (χ0n) is 10.00. The molecule has 1 aliphatic rings. The smallest absolute Gasteiger partial charge is 0.253 e. The minimum Gasteiger partial charge on any atom is -0.398 e. The Morgan fingerprint density at radius 3 is 2.72 bits per heavy atom. The van der Waals surface area contributed by atoms with Gasteiger partial charge in [0, 0.05) is 31.2 Å². The van der Waals surface area contributed by atoms with E-state index in [-0.39, 0.29) is 16.7 Å². The number of nitrogen functional groups attached to an aromatic ring is 1. The van der Waals surface area contributed by atoms with E-state index in [9.17, 15) is 13.2 Å². The second kappa shape index (κ2) is 4.87. The molecule has 0 atom stereocenters. The first-order valence-corrected chi connectivity index (χ1v) is 7.81. The van der Waals surface area contributed by atoms with Crippen LogP contribution in [0.4, 0.5) is 5.69 Å². The predicted molar refractivity (Wildman–Crippen MR) is 69.7 cm³/mol. The summed E-state index contributed by atoms with van der Waals surface area (Å²) >= 11 is 1.08. The number of likely N-dealkylation sites (N-methyl/N-ethyl adjacent to an activating group) is 1. The molecule has 2 heterocycles. The summed E-state index contributed by atoms with van der Waals surface area (Å²) in [5.74, 6) is -0.180. The van der Waals surface area contributed by atoms with Crippen LogP contribution in [0.25, 0.3) is 0 Å². The minimum atomic E-state index is -3.60. The highest BCUT2D eigenvalue weighted by atomic mass is 32.2. The number of rotatable bonds is 2. The third-order valence-electron chi connectivity index (χ3n) is 2.83. The molecule has 1 aliphatic heterocycles. The first-order chi connectivity index (χ1) is 8.41. The zero-order chi connectivity index (χ0) is 13.3. The van der Waals surface area contributed by atoms with Gasteiger partial charge in [0.25, 0.3) is 10.0 Å². The molecule has 0 aromatic carbocycles. The van der Waals surface area contributed by atoms with Gasteiger partial charge >= 0.3 is 0 Å². The molecule has 100 valence electrons. The van der Waals surface area contributed by atoms with Gasteiger partial charge in [-0.25, -0.2) is 8.42 Å². The number of carbonyl (C=O) groups is 1. The number of nitrogens with two attached hydrogens (primary N) is 1. The van der Waals surface area contributed by atoms with Crippen LogP contribution in [0, 0.1) is 0 Å². The van der Waals surface area contributed by atoms with Gasteiger partial charge in [0.15, 0.2) is 0 Å². The lowest BCUT2D eigenvalue weighted by atomic mass is 10.4. The third kappa shape index (κ3) is 2.50. The van der Waals surface area contributed by atoms with Gasteiger partial charge in [-0.2, -0.15) is 4.31 Å². The fraction of sp³-hybridized carbons (Fsp3) is 0.500. The summed E-state index contributed by atoms with van der Waals surface area (Å²) in [4.78, 5) is 13.3. The van der Waals surface area contributed by atoms with Gasteiger partial charge < -0.3 is 10.6 Å². The van der Waals surface area contributed by atoms with Crippen molar-refractivity contribution in [2.45, 2.75) is 10.6 Å². The highest BCUT2D eigenvalue weighted by Gasteiger charge is 2.30. The van der Waals surface area contributed by atoms with E-state index in [1.165, 1.54) is 10.4 Å². The fourth-order valence-corrected chi connectivity index (χ4v) is 4.42. The Kier molecular flexibility index (Phi) is 3.60. The first-order valence-electron chi connectivity index (χ1n) is 5.49. The molecule has 6 nitrogen and oxygen atoms in total. The maximum Gasteiger partial charge on any atom is 0.253 e. The number of sulfonamides is 1. The molecule has 1 saturated heterocycles. The molecule has 0 radical (unpaired) electrons. The van der Waals surface area contributed by atoms with E-state index in [2.05, 4.69) is 0 Å². The molecule has 1 amide bonds. The SMILES string of the molecule is CN1CCCN(S(=O)(=O)c2cc(N)cs2)CC1=O. The van der Waals surface area contributed by atoms with Crippen molar-refractivity contribution in [3.05, 3.63) is 11.4 Å². The maximum absolute atomic E-state index is 12.3. The Morgan fingerprint density at radius 1 is 1.39 bits per heavy atom. The number of thiophene rings is 1. The predicted octanol–water partition coefficient (Wildman–Crippen LogP) is 0.183. The fourth-order valence-electron chi connectivity index (χ4n) is 1.76. The van der Waals surface area contributed by atoms with E-state index in [0.717, 1.165) is 11.3 Å². The summed E-state index contributed by atoms with van der Waals surface area (Å²) in [5.41, 5.74) is 5.96. The van der Waals surface area contributed by atoms with Crippen molar-refractivity contribution in [3.8, 4) is 0 Å². The molecule has 1 aromatic heterocycles. The summed E-state index contributed by atoms with van der Waals surface area (Å²) in [6.45, 7) is 0.838. The molecule has 0 bridgehead atoms. The zero-order valence-corrected chi connectivity index (χ0v) is 11.6. The topological polar surface area (TPSA) is 83.7 Å². The second-order valence-corrected chi connectivity index (χ2v) is 7.28. The lowest BCUT2D eigenvalue weighted by molar-refractivity contribution is -0.129. The molecule has 1 aromatic rings. The molecule has 2 N–H and O–H groups in total. The molecule has 8 heteroatoms. The first kappa shape index (κ1) is 13.3. The Bertz CT molecular complexity index is 552. The maximum atomic E-state index is 12.3. The van der Waals surface area contributed by atoms with E-state index in [4.69, 9.17) is 5.73 Å². The molecule has 0 unspecified atom stereocenters. The van der Waals surface area contributed by atoms with Gasteiger partial charge in [-0.05, 0) is 12.5 Å². The standard InChI is InChI=1S/C10H15N3O3S2/c1-12-3-2-4-13(6-9(12)14)18(15,16)10-5-8(11)7-17-10/h5,7H,2-4,6,11H2,1H3. The highest BCUT2D eigenvalue weighted by molar-refractivity contribution is 7.91. The second-order valence-electron chi connectivity index (χ2n) is 4.21. The van der Waals surface area contributed by atoms with Gasteiger partial charge in [-0.15, -0.1) is 11.3 Å². The van der Waals surface area contributed by atoms with Crippen LogP contribution >= 0.6 is 11.3 Å². The van der Waals surface area contributed by atoms with Crippen molar-refractivity contribution in [1.29, 1.82) is 0 Å². The van der Waals surface area contributed by atoms with E-state index in [1.807, 2.05) is 0 Å². The Hall–Kier alpha value is -1.12. The number of amides is 1. The van der Waals surface area contributed by atoms with E-state index < -0.39 is 10.0 Å². The summed E-state index contributed by atoms with van der Waals surface area (Å²) in [7, 11) is -1.91. The van der Waals surface area contributed by atoms with Gasteiger partial charge in [0.2, 0.25) is 5.91 Å². The van der Waals surface area contributed by atoms with Crippen molar-refractivity contribution in [2.24, 2.45) is 0 Å². The molecular weight excluding hydrogens is 274 g/mol. The van der Waals surface area contributed by atoms with Crippen LogP contribution in [0.5, 0.6) is 0 Å². The largest absolute Gasteiger partial charge is 0.398 e. The van der Waals surface area contributed by atoms with Crippen LogP contribution in [0.1, 0.15) is 6.42 Å². The van der Waals surface area contributed by atoms with E-state index in [0.29, 0.717) is 25.2 Å². The van der Waals surface area contributed by atoms with Gasteiger partial charge in [-0.3, -0.25) is 4.79 Å². The summed E-state index contributed by atoms with van der Waals surface area (Å²) in [6, 6.07) is 1.43. The summed E-state index contributed by atoms with van der Waals surface area (Å²) in [6.07, 6.45) is 0.641. The Balaban J connectivity index is 2.27. The third-order valence-corrected chi connectivity index (χ3v) is 6.11. The molecule has 0 spiro atoms. The average molecular weight is 289 g/mol. The number of nitrogens with zero attached hydrogens (tertiary/aromatic N) is 2. The number of anilines is 1. The molecule has 18 heavy (non-hydrogen) atoms. The van der Waals surface area contributed by atoms with Crippen LogP contribution in [0.3, 0.4) is 0 Å². The lowest BCUT2D eigenvalue weighted by Crippen LogP contribution is -2.37. The minimum absolute atomic E-state index is 0.101. The molecule has 0 saturated carbocycles. The number of hydrogen-bond donors (Lipinski definition) is 1. The molecule has 2 rings (SSSR count). The van der Waals surface area contributed by atoms with Gasteiger partial charge in [0.05, 0.1) is 6.54 Å². The summed E-state index contributed by atoms with van der Waals surface area (Å²) in [5, 5.41) is 1.58. The Morgan fingerprint density at radius 2 is 2.11 bits per heavy atom. The Labute approximate surface area is 110 Å². The van der Waals surface area contributed by atoms with Crippen LogP contribution in [0.15, 0.2) is 15.7 Å². The van der Waals surface area contributed by atoms with Crippen molar-refractivity contribution < 1.29 is 13.2 Å². The van der Waals surface area contributed by atoms with Gasteiger partial charge in [-0.1, -0.05) is 0 Å². The van der Waals surface area contributed by atoms with Crippen LogP contribution < -0.4 is 5.73 Å². The molecule has 0 aliphatic carbocycles. The monoisotopic (exact) mass is 289 g/mol. The molecule has 1 fully saturated rings. The highest BCUT2D eigenvalue weighted by Crippen LogP contribution is 2.25. The van der Waals surface area contributed by atoms with Crippen LogP contribution in [-0.4, -0.2) is 50.2 Å². The van der Waals surface area contributed by atoms with Crippen LogP contribution in [-0.2, 0) is 14.8 Å². The van der Waals surface area contributed by atoms with E-state index in [1.54, 1.807) is 17.3 Å². The van der Waals surface area contributed by atoms with Gasteiger partial charge in [0.1, 0.15) is 4.21 Å². The summed E-state index contributed by atoms with van der Waals surface area (Å²) < 4.78 is 26.0. The van der Waals surface area contributed by atoms with Crippen molar-refractivity contribution in [1.82, 2.24) is 9.21 Å². The molecular formula is C10H15N3O3S2. The lowest BCUT2D eigenvalue weighted by Gasteiger charge is -2.18. The number of carbonyl (C=O) groups excluding carboxylic acids is 1. The van der Waals surface area contributed by atoms with Crippen molar-refractivity contribution >= 4 is 33.0 Å².